The van der Waals surface area contributed by atoms with E-state index in [9.17, 15) is 9.59 Å². The predicted molar refractivity (Wildman–Crippen MR) is 101 cm³/mol. The summed E-state index contributed by atoms with van der Waals surface area (Å²) >= 11 is 0. The number of methoxy groups -OCH3 is 1. The van der Waals surface area contributed by atoms with Gasteiger partial charge in [0, 0.05) is 50.0 Å². The van der Waals surface area contributed by atoms with Crippen LogP contribution in [0.1, 0.15) is 10.5 Å². The molecule has 0 spiro atoms. The number of hydrogen-bond acceptors (Lipinski definition) is 6. The van der Waals surface area contributed by atoms with Crippen molar-refractivity contribution in [3.63, 3.8) is 0 Å². The molecule has 0 bridgehead atoms. The number of ether oxygens (including phenoxy) is 1. The van der Waals surface area contributed by atoms with Crippen molar-refractivity contribution in [1.82, 2.24) is 19.9 Å². The summed E-state index contributed by atoms with van der Waals surface area (Å²) < 4.78 is 5.43. The molecule has 3 aromatic rings. The molecule has 0 atom stereocenters. The molecule has 1 N–H and O–H groups in total. The maximum Gasteiger partial charge on any atom is 0.290 e. The van der Waals surface area contributed by atoms with Gasteiger partial charge >= 0.3 is 0 Å². The summed E-state index contributed by atoms with van der Waals surface area (Å²) in [6.45, 7) is 2.06. The SMILES string of the molecule is COc1cc(C(=O)N2CCN(c3ncc[nH]c3=O)CC2)nc2ccccc12. The first-order valence-electron chi connectivity index (χ1n) is 8.69. The number of para-hydroxylation sites is 1. The number of benzene rings is 1. The number of nitrogens with one attached hydrogen (secondary N) is 1. The van der Waals surface area contributed by atoms with Gasteiger partial charge in [-0.2, -0.15) is 0 Å². The summed E-state index contributed by atoms with van der Waals surface area (Å²) in [4.78, 5) is 39.7. The maximum atomic E-state index is 12.9. The van der Waals surface area contributed by atoms with Crippen LogP contribution in [0.2, 0.25) is 0 Å². The molecule has 138 valence electrons. The topological polar surface area (TPSA) is 91.4 Å². The Labute approximate surface area is 155 Å². The molecule has 1 fully saturated rings. The highest BCUT2D eigenvalue weighted by atomic mass is 16.5. The monoisotopic (exact) mass is 365 g/mol. The summed E-state index contributed by atoms with van der Waals surface area (Å²) in [6, 6.07) is 9.25. The number of anilines is 1. The van der Waals surface area contributed by atoms with Crippen LogP contribution in [-0.4, -0.2) is 59.0 Å². The Morgan fingerprint density at radius 2 is 1.96 bits per heavy atom. The fraction of sp³-hybridized carbons (Fsp3) is 0.263. The smallest absolute Gasteiger partial charge is 0.290 e. The van der Waals surface area contributed by atoms with Crippen LogP contribution in [0.25, 0.3) is 10.9 Å². The van der Waals surface area contributed by atoms with Crippen LogP contribution >= 0.6 is 0 Å². The Kier molecular flexibility index (Phi) is 4.45. The zero-order valence-corrected chi connectivity index (χ0v) is 14.9. The molecule has 1 aliphatic rings. The van der Waals surface area contributed by atoms with Gasteiger partial charge in [0.15, 0.2) is 5.82 Å². The summed E-state index contributed by atoms with van der Waals surface area (Å²) in [5.41, 5.74) is 0.853. The van der Waals surface area contributed by atoms with Crippen molar-refractivity contribution in [1.29, 1.82) is 0 Å². The minimum atomic E-state index is -0.224. The Hall–Kier alpha value is -3.42. The molecular weight excluding hydrogens is 346 g/mol. The molecule has 0 aliphatic carbocycles. The number of fused-ring (bicyclic) bond motifs is 1. The summed E-state index contributed by atoms with van der Waals surface area (Å²) in [7, 11) is 1.58. The number of rotatable bonds is 3. The normalized spacial score (nSPS) is 14.4. The lowest BCUT2D eigenvalue weighted by Crippen LogP contribution is -2.50. The Bertz CT molecular complexity index is 1040. The number of amides is 1. The van der Waals surface area contributed by atoms with E-state index in [1.165, 1.54) is 6.20 Å². The molecule has 1 saturated heterocycles. The largest absolute Gasteiger partial charge is 0.496 e. The van der Waals surface area contributed by atoms with Gasteiger partial charge in [-0.3, -0.25) is 9.59 Å². The van der Waals surface area contributed by atoms with E-state index in [-0.39, 0.29) is 11.5 Å². The van der Waals surface area contributed by atoms with Gasteiger partial charge in [-0.15, -0.1) is 0 Å². The summed E-state index contributed by atoms with van der Waals surface area (Å²) in [5, 5.41) is 0.871. The number of piperazine rings is 1. The van der Waals surface area contributed by atoms with E-state index >= 15 is 0 Å². The lowest BCUT2D eigenvalue weighted by molar-refractivity contribution is 0.0740. The van der Waals surface area contributed by atoms with Gasteiger partial charge in [-0.1, -0.05) is 12.1 Å². The van der Waals surface area contributed by atoms with Crippen molar-refractivity contribution >= 4 is 22.6 Å². The second-order valence-corrected chi connectivity index (χ2v) is 6.25. The van der Waals surface area contributed by atoms with Crippen molar-refractivity contribution in [2.24, 2.45) is 0 Å². The van der Waals surface area contributed by atoms with Crippen LogP contribution in [-0.2, 0) is 0 Å². The number of carbonyl (C=O) groups excluding carboxylic acids is 1. The first-order valence-corrected chi connectivity index (χ1v) is 8.69. The molecule has 3 heterocycles. The molecule has 1 aromatic carbocycles. The molecule has 0 saturated carbocycles. The minimum Gasteiger partial charge on any atom is -0.496 e. The van der Waals surface area contributed by atoms with Gasteiger partial charge in [0.25, 0.3) is 11.5 Å². The van der Waals surface area contributed by atoms with E-state index in [1.807, 2.05) is 29.2 Å². The zero-order valence-electron chi connectivity index (χ0n) is 14.9. The maximum absolute atomic E-state index is 12.9. The lowest BCUT2D eigenvalue weighted by atomic mass is 10.1. The van der Waals surface area contributed by atoms with Gasteiger partial charge in [0.05, 0.1) is 12.6 Å². The minimum absolute atomic E-state index is 0.145. The molecule has 2 aromatic heterocycles. The van der Waals surface area contributed by atoms with Crippen molar-refractivity contribution in [2.45, 2.75) is 0 Å². The highest BCUT2D eigenvalue weighted by Gasteiger charge is 2.25. The average Bonchev–Trinajstić information content (AvgIpc) is 2.73. The van der Waals surface area contributed by atoms with Crippen molar-refractivity contribution in [3.8, 4) is 5.75 Å². The van der Waals surface area contributed by atoms with E-state index in [1.54, 1.807) is 24.3 Å². The van der Waals surface area contributed by atoms with E-state index in [2.05, 4.69) is 15.0 Å². The summed E-state index contributed by atoms with van der Waals surface area (Å²) in [6.07, 6.45) is 3.06. The van der Waals surface area contributed by atoms with E-state index < -0.39 is 0 Å². The standard InChI is InChI=1S/C19H19N5O3/c1-27-16-12-15(22-14-5-3-2-4-13(14)16)19(26)24-10-8-23(9-11-24)17-18(25)21-7-6-20-17/h2-7,12H,8-11H2,1H3,(H,21,25). The number of aromatic nitrogens is 3. The van der Waals surface area contributed by atoms with E-state index in [0.29, 0.717) is 43.4 Å². The van der Waals surface area contributed by atoms with Gasteiger partial charge in [-0.25, -0.2) is 9.97 Å². The van der Waals surface area contributed by atoms with Crippen LogP contribution in [0.15, 0.2) is 47.5 Å². The third-order valence-electron chi connectivity index (χ3n) is 4.67. The number of hydrogen-bond donors (Lipinski definition) is 1. The number of aromatic amines is 1. The number of pyridine rings is 1. The Morgan fingerprint density at radius 3 is 2.70 bits per heavy atom. The molecule has 1 aliphatic heterocycles. The molecule has 1 amide bonds. The quantitative estimate of drug-likeness (QED) is 0.752. The molecule has 4 rings (SSSR count). The highest BCUT2D eigenvalue weighted by Crippen LogP contribution is 2.25. The molecule has 27 heavy (non-hydrogen) atoms. The number of carbonyl (C=O) groups is 1. The molecule has 8 heteroatoms. The van der Waals surface area contributed by atoms with Gasteiger partial charge in [0.1, 0.15) is 11.4 Å². The Balaban J connectivity index is 1.54. The highest BCUT2D eigenvalue weighted by molar-refractivity contribution is 5.97. The van der Waals surface area contributed by atoms with Gasteiger partial charge in [0.2, 0.25) is 0 Å². The van der Waals surface area contributed by atoms with Crippen molar-refractivity contribution < 1.29 is 9.53 Å². The van der Waals surface area contributed by atoms with Crippen LogP contribution in [0.3, 0.4) is 0 Å². The third-order valence-corrected chi connectivity index (χ3v) is 4.67. The van der Waals surface area contributed by atoms with Crippen LogP contribution in [0.5, 0.6) is 5.75 Å². The van der Waals surface area contributed by atoms with Crippen LogP contribution < -0.4 is 15.2 Å². The van der Waals surface area contributed by atoms with Crippen molar-refractivity contribution in [3.05, 3.63) is 58.8 Å². The van der Waals surface area contributed by atoms with E-state index in [0.717, 1.165) is 10.9 Å². The first kappa shape index (κ1) is 17.0. The zero-order chi connectivity index (χ0) is 18.8. The molecule has 0 radical (unpaired) electrons. The average molecular weight is 365 g/mol. The Morgan fingerprint density at radius 1 is 1.19 bits per heavy atom. The second kappa shape index (κ2) is 7.06. The lowest BCUT2D eigenvalue weighted by Gasteiger charge is -2.34. The first-order chi connectivity index (χ1) is 13.2. The second-order valence-electron chi connectivity index (χ2n) is 6.25. The number of nitrogens with zero attached hydrogens (tertiary/aromatic N) is 4. The van der Waals surface area contributed by atoms with Gasteiger partial charge in [-0.05, 0) is 12.1 Å². The van der Waals surface area contributed by atoms with Gasteiger partial charge < -0.3 is 19.5 Å². The number of H-pyrrole nitrogens is 1. The van der Waals surface area contributed by atoms with Crippen LogP contribution in [0.4, 0.5) is 5.82 Å². The van der Waals surface area contributed by atoms with E-state index in [4.69, 9.17) is 4.74 Å². The fourth-order valence-electron chi connectivity index (χ4n) is 3.27. The molecule has 8 nitrogen and oxygen atoms in total. The summed E-state index contributed by atoms with van der Waals surface area (Å²) in [5.74, 6) is 0.867. The predicted octanol–water partition coefficient (Wildman–Crippen LogP) is 1.29. The third kappa shape index (κ3) is 3.21. The van der Waals surface area contributed by atoms with Crippen LogP contribution in [0, 0.1) is 0 Å². The fourth-order valence-corrected chi connectivity index (χ4v) is 3.27. The van der Waals surface area contributed by atoms with Crippen molar-refractivity contribution in [2.75, 3.05) is 38.2 Å². The molecule has 0 unspecified atom stereocenters. The molecular formula is C19H19N5O3.